The van der Waals surface area contributed by atoms with Crippen LogP contribution in [-0.2, 0) is 22.6 Å². The van der Waals surface area contributed by atoms with Crippen LogP contribution < -0.4 is 14.8 Å². The molecule has 2 aromatic carbocycles. The average Bonchev–Trinajstić information content (AvgIpc) is 2.81. The Morgan fingerprint density at radius 2 is 1.75 bits per heavy atom. The van der Waals surface area contributed by atoms with E-state index in [-0.39, 0.29) is 30.8 Å². The maximum Gasteiger partial charge on any atom is 0.242 e. The standard InChI is InChI=1S/C25H33FN2O4/c1-6-17(2)27-25(30)18(3)28(16-20-9-7-8-10-21(20)26)24(29)14-12-19-11-13-22(31-4)23(15-19)32-5/h7-11,13,15,17-18H,6,12,14,16H2,1-5H3,(H,27,30)/t17-,18+/m0/s1. The molecule has 2 aromatic rings. The second kappa shape index (κ2) is 12.1. The average molecular weight is 445 g/mol. The highest BCUT2D eigenvalue weighted by Gasteiger charge is 2.27. The molecule has 0 bridgehead atoms. The Labute approximate surface area is 189 Å². The fourth-order valence-electron chi connectivity index (χ4n) is 3.29. The van der Waals surface area contributed by atoms with Gasteiger partial charge in [0, 0.05) is 24.6 Å². The Hall–Kier alpha value is -3.09. The predicted molar refractivity (Wildman–Crippen MR) is 122 cm³/mol. The van der Waals surface area contributed by atoms with Gasteiger partial charge in [-0.1, -0.05) is 31.2 Å². The van der Waals surface area contributed by atoms with Crippen molar-refractivity contribution in [2.24, 2.45) is 0 Å². The summed E-state index contributed by atoms with van der Waals surface area (Å²) in [6.07, 6.45) is 1.40. The predicted octanol–water partition coefficient (Wildman–Crippen LogP) is 4.11. The molecule has 0 saturated heterocycles. The zero-order chi connectivity index (χ0) is 23.7. The van der Waals surface area contributed by atoms with Gasteiger partial charge in [-0.05, 0) is 50.5 Å². The quantitative estimate of drug-likeness (QED) is 0.566. The summed E-state index contributed by atoms with van der Waals surface area (Å²) in [5.74, 6) is 0.311. The third-order valence-electron chi connectivity index (χ3n) is 5.54. The lowest BCUT2D eigenvalue weighted by Gasteiger charge is -2.30. The summed E-state index contributed by atoms with van der Waals surface area (Å²) in [7, 11) is 3.12. The van der Waals surface area contributed by atoms with Crippen molar-refractivity contribution in [1.29, 1.82) is 0 Å². The van der Waals surface area contributed by atoms with E-state index in [0.29, 0.717) is 23.5 Å². The van der Waals surface area contributed by atoms with E-state index in [1.165, 1.54) is 11.0 Å². The van der Waals surface area contributed by atoms with E-state index < -0.39 is 11.9 Å². The Morgan fingerprint density at radius 1 is 1.06 bits per heavy atom. The van der Waals surface area contributed by atoms with Gasteiger partial charge in [0.25, 0.3) is 0 Å². The van der Waals surface area contributed by atoms with Gasteiger partial charge < -0.3 is 19.7 Å². The highest BCUT2D eigenvalue weighted by atomic mass is 19.1. The second-order valence-corrected chi connectivity index (χ2v) is 7.80. The summed E-state index contributed by atoms with van der Waals surface area (Å²) >= 11 is 0. The van der Waals surface area contributed by atoms with Crippen molar-refractivity contribution in [3.8, 4) is 11.5 Å². The minimum absolute atomic E-state index is 0.0119. The number of ether oxygens (including phenoxy) is 2. The molecule has 0 aliphatic carbocycles. The molecule has 0 fully saturated rings. The first kappa shape index (κ1) is 25.2. The Bertz CT molecular complexity index is 919. The number of nitrogens with zero attached hydrogens (tertiary/aromatic N) is 1. The van der Waals surface area contributed by atoms with E-state index in [0.717, 1.165) is 12.0 Å². The van der Waals surface area contributed by atoms with Crippen molar-refractivity contribution in [2.45, 2.75) is 58.7 Å². The highest BCUT2D eigenvalue weighted by Crippen LogP contribution is 2.28. The van der Waals surface area contributed by atoms with E-state index in [1.54, 1.807) is 45.4 Å². The number of aryl methyl sites for hydroxylation is 1. The first-order valence-corrected chi connectivity index (χ1v) is 10.8. The molecule has 1 N–H and O–H groups in total. The summed E-state index contributed by atoms with van der Waals surface area (Å²) in [4.78, 5) is 27.4. The van der Waals surface area contributed by atoms with Crippen molar-refractivity contribution in [3.63, 3.8) is 0 Å². The fourth-order valence-corrected chi connectivity index (χ4v) is 3.29. The van der Waals surface area contributed by atoms with Gasteiger partial charge in [-0.25, -0.2) is 4.39 Å². The van der Waals surface area contributed by atoms with E-state index in [1.807, 2.05) is 26.0 Å². The van der Waals surface area contributed by atoms with Crippen molar-refractivity contribution >= 4 is 11.8 Å². The van der Waals surface area contributed by atoms with Crippen molar-refractivity contribution in [2.75, 3.05) is 14.2 Å². The number of nitrogens with one attached hydrogen (secondary N) is 1. The van der Waals surface area contributed by atoms with Crippen LogP contribution in [0.3, 0.4) is 0 Å². The molecule has 0 spiro atoms. The number of amides is 2. The van der Waals surface area contributed by atoms with Crippen LogP contribution in [0.1, 0.15) is 44.7 Å². The molecule has 0 saturated carbocycles. The fraction of sp³-hybridized carbons (Fsp3) is 0.440. The van der Waals surface area contributed by atoms with Crippen molar-refractivity contribution in [3.05, 3.63) is 59.4 Å². The van der Waals surface area contributed by atoms with Crippen LogP contribution >= 0.6 is 0 Å². The lowest BCUT2D eigenvalue weighted by molar-refractivity contribution is -0.140. The highest BCUT2D eigenvalue weighted by molar-refractivity contribution is 5.87. The first-order chi connectivity index (χ1) is 15.3. The lowest BCUT2D eigenvalue weighted by Crippen LogP contribution is -2.49. The summed E-state index contributed by atoms with van der Waals surface area (Å²) in [6.45, 7) is 5.57. The van der Waals surface area contributed by atoms with Crippen molar-refractivity contribution < 1.29 is 23.5 Å². The smallest absolute Gasteiger partial charge is 0.242 e. The normalized spacial score (nSPS) is 12.6. The zero-order valence-electron chi connectivity index (χ0n) is 19.5. The van der Waals surface area contributed by atoms with Crippen LogP contribution in [0.15, 0.2) is 42.5 Å². The molecular weight excluding hydrogens is 411 g/mol. The molecule has 7 heteroatoms. The number of benzene rings is 2. The Morgan fingerprint density at radius 3 is 2.38 bits per heavy atom. The third kappa shape index (κ3) is 6.70. The molecule has 0 aliphatic heterocycles. The minimum atomic E-state index is -0.735. The molecular formula is C25H33FN2O4. The number of rotatable bonds is 11. The topological polar surface area (TPSA) is 67.9 Å². The lowest BCUT2D eigenvalue weighted by atomic mass is 10.1. The number of methoxy groups -OCH3 is 2. The first-order valence-electron chi connectivity index (χ1n) is 10.8. The second-order valence-electron chi connectivity index (χ2n) is 7.80. The monoisotopic (exact) mass is 444 g/mol. The molecule has 2 rings (SSSR count). The summed E-state index contributed by atoms with van der Waals surface area (Å²) < 4.78 is 24.9. The van der Waals surface area contributed by atoms with Gasteiger partial charge in [0.2, 0.25) is 11.8 Å². The molecule has 2 amide bonds. The van der Waals surface area contributed by atoms with Gasteiger partial charge in [0.05, 0.1) is 14.2 Å². The van der Waals surface area contributed by atoms with E-state index >= 15 is 0 Å². The number of carbonyl (C=O) groups excluding carboxylic acids is 2. The molecule has 0 heterocycles. The van der Waals surface area contributed by atoms with Gasteiger partial charge >= 0.3 is 0 Å². The summed E-state index contributed by atoms with van der Waals surface area (Å²) in [6, 6.07) is 11.0. The van der Waals surface area contributed by atoms with Gasteiger partial charge in [-0.15, -0.1) is 0 Å². The van der Waals surface area contributed by atoms with Crippen LogP contribution in [0.2, 0.25) is 0 Å². The van der Waals surface area contributed by atoms with E-state index in [2.05, 4.69) is 5.32 Å². The maximum absolute atomic E-state index is 14.3. The minimum Gasteiger partial charge on any atom is -0.493 e. The van der Waals surface area contributed by atoms with Crippen LogP contribution in [0.4, 0.5) is 4.39 Å². The zero-order valence-corrected chi connectivity index (χ0v) is 19.5. The van der Waals surface area contributed by atoms with E-state index in [4.69, 9.17) is 9.47 Å². The molecule has 174 valence electrons. The molecule has 0 radical (unpaired) electrons. The maximum atomic E-state index is 14.3. The number of hydrogen-bond acceptors (Lipinski definition) is 4. The molecule has 2 atom stereocenters. The SMILES string of the molecule is CC[C@H](C)NC(=O)[C@@H](C)N(Cc1ccccc1F)C(=O)CCc1ccc(OC)c(OC)c1. The molecule has 0 aliphatic rings. The Kier molecular flexibility index (Phi) is 9.50. The molecule has 0 unspecified atom stereocenters. The molecule has 0 aromatic heterocycles. The van der Waals surface area contributed by atoms with Crippen LogP contribution in [0.25, 0.3) is 0 Å². The van der Waals surface area contributed by atoms with Gasteiger partial charge in [0.15, 0.2) is 11.5 Å². The van der Waals surface area contributed by atoms with Crippen LogP contribution in [0.5, 0.6) is 11.5 Å². The van der Waals surface area contributed by atoms with Gasteiger partial charge in [-0.3, -0.25) is 9.59 Å². The molecule has 6 nitrogen and oxygen atoms in total. The Balaban J connectivity index is 2.19. The number of hydrogen-bond donors (Lipinski definition) is 1. The number of carbonyl (C=O) groups is 2. The largest absolute Gasteiger partial charge is 0.493 e. The van der Waals surface area contributed by atoms with Crippen LogP contribution in [0, 0.1) is 5.82 Å². The summed E-state index contributed by atoms with van der Waals surface area (Å²) in [5, 5.41) is 2.91. The van der Waals surface area contributed by atoms with Crippen molar-refractivity contribution in [1.82, 2.24) is 10.2 Å². The van der Waals surface area contributed by atoms with Gasteiger partial charge in [-0.2, -0.15) is 0 Å². The summed E-state index contributed by atoms with van der Waals surface area (Å²) in [5.41, 5.74) is 1.27. The number of halogens is 1. The van der Waals surface area contributed by atoms with Crippen LogP contribution in [-0.4, -0.2) is 43.0 Å². The molecule has 32 heavy (non-hydrogen) atoms. The third-order valence-corrected chi connectivity index (χ3v) is 5.54. The van der Waals surface area contributed by atoms with E-state index in [9.17, 15) is 14.0 Å². The van der Waals surface area contributed by atoms with Gasteiger partial charge in [0.1, 0.15) is 11.9 Å².